The average molecular weight is 269 g/mol. The van der Waals surface area contributed by atoms with Gasteiger partial charge in [0.15, 0.2) is 0 Å². The van der Waals surface area contributed by atoms with Gasteiger partial charge in [0.05, 0.1) is 20.5 Å². The Morgan fingerprint density at radius 3 is 2.53 bits per heavy atom. The van der Waals surface area contributed by atoms with E-state index in [-0.39, 0.29) is 17.6 Å². The molecule has 106 valence electrons. The van der Waals surface area contributed by atoms with Crippen molar-refractivity contribution in [3.63, 3.8) is 0 Å². The van der Waals surface area contributed by atoms with Crippen LogP contribution in [0.1, 0.15) is 30.0 Å². The zero-order valence-corrected chi connectivity index (χ0v) is 11.6. The number of ether oxygens (including phenoxy) is 2. The van der Waals surface area contributed by atoms with Gasteiger partial charge in [-0.05, 0) is 12.0 Å². The number of carbonyl (C=O) groups is 2. The second kappa shape index (κ2) is 6.94. The molecule has 0 aliphatic rings. The molecule has 1 N–H and O–H groups in total. The minimum absolute atomic E-state index is 0.0703. The van der Waals surface area contributed by atoms with E-state index in [0.29, 0.717) is 12.1 Å². The van der Waals surface area contributed by atoms with Crippen LogP contribution in [-0.4, -0.2) is 32.2 Å². The first-order valence-corrected chi connectivity index (χ1v) is 5.97. The smallest absolute Gasteiger partial charge is 0.374 e. The standard InChI is InChI=1S/C13H19NO5/c1-8(2)10(12(15)17-3)14-7-9-5-6-19-11(9)13(16)18-4/h5-6,8,10,14H,7H2,1-4H3/t10-/m0/s1. The van der Waals surface area contributed by atoms with Crippen molar-refractivity contribution >= 4 is 11.9 Å². The largest absolute Gasteiger partial charge is 0.468 e. The molecule has 6 heteroatoms. The normalized spacial score (nSPS) is 12.3. The number of esters is 2. The molecule has 0 unspecified atom stereocenters. The second-order valence-corrected chi connectivity index (χ2v) is 4.39. The maximum Gasteiger partial charge on any atom is 0.374 e. The number of rotatable bonds is 6. The van der Waals surface area contributed by atoms with Gasteiger partial charge in [0.2, 0.25) is 5.76 Å². The molecule has 0 amide bonds. The zero-order valence-electron chi connectivity index (χ0n) is 11.6. The molecule has 0 aliphatic heterocycles. The summed E-state index contributed by atoms with van der Waals surface area (Å²) in [7, 11) is 2.63. The van der Waals surface area contributed by atoms with Crippen molar-refractivity contribution in [3.05, 3.63) is 23.7 Å². The molecule has 0 aromatic carbocycles. The lowest BCUT2D eigenvalue weighted by Gasteiger charge is -2.19. The number of carbonyl (C=O) groups excluding carboxylic acids is 2. The van der Waals surface area contributed by atoms with E-state index in [1.54, 1.807) is 6.07 Å². The van der Waals surface area contributed by atoms with Crippen LogP contribution in [0, 0.1) is 5.92 Å². The van der Waals surface area contributed by atoms with Crippen molar-refractivity contribution in [2.24, 2.45) is 5.92 Å². The first-order valence-electron chi connectivity index (χ1n) is 5.97. The Balaban J connectivity index is 2.72. The highest BCUT2D eigenvalue weighted by Crippen LogP contribution is 2.13. The summed E-state index contributed by atoms with van der Waals surface area (Å²) in [6.07, 6.45) is 1.41. The summed E-state index contributed by atoms with van der Waals surface area (Å²) in [4.78, 5) is 23.0. The van der Waals surface area contributed by atoms with Crippen LogP contribution in [0.3, 0.4) is 0 Å². The van der Waals surface area contributed by atoms with Crippen LogP contribution in [0.5, 0.6) is 0 Å². The molecule has 0 aliphatic carbocycles. The molecule has 0 saturated heterocycles. The molecular weight excluding hydrogens is 250 g/mol. The van der Waals surface area contributed by atoms with Gasteiger partial charge < -0.3 is 13.9 Å². The van der Waals surface area contributed by atoms with Crippen molar-refractivity contribution in [3.8, 4) is 0 Å². The summed E-state index contributed by atoms with van der Waals surface area (Å²) in [5.74, 6) is -0.664. The summed E-state index contributed by atoms with van der Waals surface area (Å²) in [6.45, 7) is 4.13. The van der Waals surface area contributed by atoms with E-state index in [9.17, 15) is 9.59 Å². The molecule has 6 nitrogen and oxygen atoms in total. The number of methoxy groups -OCH3 is 2. The van der Waals surface area contributed by atoms with Crippen LogP contribution < -0.4 is 5.32 Å². The van der Waals surface area contributed by atoms with Gasteiger partial charge in [-0.1, -0.05) is 13.8 Å². The van der Waals surface area contributed by atoms with Crippen molar-refractivity contribution in [1.29, 1.82) is 0 Å². The zero-order chi connectivity index (χ0) is 14.4. The molecule has 1 heterocycles. The van der Waals surface area contributed by atoms with Gasteiger partial charge in [-0.25, -0.2) is 4.79 Å². The predicted octanol–water partition coefficient (Wildman–Crippen LogP) is 1.35. The third kappa shape index (κ3) is 3.82. The topological polar surface area (TPSA) is 77.8 Å². The Kier molecular flexibility index (Phi) is 5.57. The molecule has 0 fully saturated rings. The molecule has 19 heavy (non-hydrogen) atoms. The van der Waals surface area contributed by atoms with E-state index in [4.69, 9.17) is 9.15 Å². The van der Waals surface area contributed by atoms with E-state index in [0.717, 1.165) is 0 Å². The van der Waals surface area contributed by atoms with E-state index in [1.165, 1.54) is 20.5 Å². The summed E-state index contributed by atoms with van der Waals surface area (Å²) >= 11 is 0. The van der Waals surface area contributed by atoms with Crippen LogP contribution in [0.15, 0.2) is 16.7 Å². The Labute approximate surface area is 112 Å². The third-order valence-electron chi connectivity index (χ3n) is 2.75. The first kappa shape index (κ1) is 15.2. The molecule has 1 atom stereocenters. The number of hydrogen-bond acceptors (Lipinski definition) is 6. The van der Waals surface area contributed by atoms with Gasteiger partial charge in [0, 0.05) is 12.1 Å². The van der Waals surface area contributed by atoms with Gasteiger partial charge in [-0.2, -0.15) is 0 Å². The average Bonchev–Trinajstić information content (AvgIpc) is 2.85. The highest BCUT2D eigenvalue weighted by molar-refractivity contribution is 5.87. The molecule has 0 radical (unpaired) electrons. The highest BCUT2D eigenvalue weighted by Gasteiger charge is 2.24. The molecule has 0 bridgehead atoms. The minimum Gasteiger partial charge on any atom is -0.468 e. The van der Waals surface area contributed by atoms with Crippen LogP contribution >= 0.6 is 0 Å². The summed E-state index contributed by atoms with van der Waals surface area (Å²) < 4.78 is 14.4. The summed E-state index contributed by atoms with van der Waals surface area (Å²) in [6, 6.07) is 1.22. The van der Waals surface area contributed by atoms with Gasteiger partial charge in [0.1, 0.15) is 6.04 Å². The molecule has 0 spiro atoms. The fourth-order valence-corrected chi connectivity index (χ4v) is 1.68. The van der Waals surface area contributed by atoms with Crippen molar-refractivity contribution < 1.29 is 23.5 Å². The lowest BCUT2D eigenvalue weighted by Crippen LogP contribution is -2.41. The summed E-state index contributed by atoms with van der Waals surface area (Å²) in [5.41, 5.74) is 0.640. The maximum atomic E-state index is 11.6. The van der Waals surface area contributed by atoms with Gasteiger partial charge in [0.25, 0.3) is 0 Å². The maximum absolute atomic E-state index is 11.6. The quantitative estimate of drug-likeness (QED) is 0.785. The Bertz CT molecular complexity index is 438. The van der Waals surface area contributed by atoms with Gasteiger partial charge >= 0.3 is 11.9 Å². The van der Waals surface area contributed by atoms with Crippen molar-refractivity contribution in [1.82, 2.24) is 5.32 Å². The highest BCUT2D eigenvalue weighted by atomic mass is 16.5. The molecule has 0 saturated carbocycles. The molecule has 1 aromatic rings. The number of furan rings is 1. The van der Waals surface area contributed by atoms with Gasteiger partial charge in [-0.3, -0.25) is 10.1 Å². The lowest BCUT2D eigenvalue weighted by molar-refractivity contribution is -0.144. The van der Waals surface area contributed by atoms with Crippen molar-refractivity contribution in [2.75, 3.05) is 14.2 Å². The fourth-order valence-electron chi connectivity index (χ4n) is 1.68. The van der Waals surface area contributed by atoms with Crippen LogP contribution in [-0.2, 0) is 20.8 Å². The minimum atomic E-state index is -0.541. The lowest BCUT2D eigenvalue weighted by atomic mass is 10.0. The Morgan fingerprint density at radius 1 is 1.32 bits per heavy atom. The van der Waals surface area contributed by atoms with E-state index < -0.39 is 12.0 Å². The van der Waals surface area contributed by atoms with E-state index in [1.807, 2.05) is 13.8 Å². The van der Waals surface area contributed by atoms with Crippen LogP contribution in [0.4, 0.5) is 0 Å². The van der Waals surface area contributed by atoms with Crippen LogP contribution in [0.2, 0.25) is 0 Å². The fraction of sp³-hybridized carbons (Fsp3) is 0.538. The molecule has 1 rings (SSSR count). The van der Waals surface area contributed by atoms with Crippen LogP contribution in [0.25, 0.3) is 0 Å². The predicted molar refractivity (Wildman–Crippen MR) is 67.5 cm³/mol. The Morgan fingerprint density at radius 2 is 2.00 bits per heavy atom. The number of nitrogens with one attached hydrogen (secondary N) is 1. The molecular formula is C13H19NO5. The molecule has 1 aromatic heterocycles. The second-order valence-electron chi connectivity index (χ2n) is 4.39. The SMILES string of the molecule is COC(=O)c1occc1CN[C@H](C(=O)OC)C(C)C. The monoisotopic (exact) mass is 269 g/mol. The summed E-state index contributed by atoms with van der Waals surface area (Å²) in [5, 5.41) is 3.05. The van der Waals surface area contributed by atoms with Gasteiger partial charge in [-0.15, -0.1) is 0 Å². The van der Waals surface area contributed by atoms with E-state index in [2.05, 4.69) is 10.1 Å². The van der Waals surface area contributed by atoms with Crippen molar-refractivity contribution in [2.45, 2.75) is 26.4 Å². The van der Waals surface area contributed by atoms with E-state index >= 15 is 0 Å². The number of hydrogen-bond donors (Lipinski definition) is 1. The first-order chi connectivity index (χ1) is 9.01. The third-order valence-corrected chi connectivity index (χ3v) is 2.75. The Hall–Kier alpha value is -1.82.